The topological polar surface area (TPSA) is 67.4 Å². The third-order valence-corrected chi connectivity index (χ3v) is 2.58. The Morgan fingerprint density at radius 1 is 1.31 bits per heavy atom. The molecule has 0 spiro atoms. The lowest BCUT2D eigenvalue weighted by Crippen LogP contribution is -2.42. The summed E-state index contributed by atoms with van der Waals surface area (Å²) in [6.45, 7) is 1.57. The molecule has 2 amide bonds. The van der Waals surface area contributed by atoms with Crippen molar-refractivity contribution >= 4 is 23.4 Å². The van der Waals surface area contributed by atoms with Gasteiger partial charge in [-0.05, 0) is 19.3 Å². The number of halogens is 1. The fraction of sp³-hybridized carbons (Fsp3) is 0.800. The predicted molar refractivity (Wildman–Crippen MR) is 60.3 cm³/mol. The molecular formula is C10H17ClN2O3. The number of amides is 2. The molecule has 1 fully saturated rings. The Bertz CT molecular complexity index is 242. The molecule has 1 rings (SSSR count). The van der Waals surface area contributed by atoms with E-state index in [9.17, 15) is 9.59 Å². The van der Waals surface area contributed by atoms with Crippen LogP contribution in [-0.2, 0) is 14.3 Å². The van der Waals surface area contributed by atoms with E-state index in [4.69, 9.17) is 16.3 Å². The zero-order valence-electron chi connectivity index (χ0n) is 9.13. The van der Waals surface area contributed by atoms with Gasteiger partial charge in [0, 0.05) is 25.6 Å². The van der Waals surface area contributed by atoms with Crippen molar-refractivity contribution in [2.75, 3.05) is 25.6 Å². The average molecular weight is 249 g/mol. The van der Waals surface area contributed by atoms with Crippen molar-refractivity contribution in [1.29, 1.82) is 0 Å². The number of rotatable bonds is 5. The van der Waals surface area contributed by atoms with E-state index < -0.39 is 11.8 Å². The van der Waals surface area contributed by atoms with E-state index in [-0.39, 0.29) is 6.10 Å². The quantitative estimate of drug-likeness (QED) is 0.410. The van der Waals surface area contributed by atoms with Crippen LogP contribution in [0.1, 0.15) is 19.3 Å². The van der Waals surface area contributed by atoms with Crippen molar-refractivity contribution in [3.63, 3.8) is 0 Å². The summed E-state index contributed by atoms with van der Waals surface area (Å²) in [4.78, 5) is 22.5. The highest BCUT2D eigenvalue weighted by atomic mass is 35.5. The van der Waals surface area contributed by atoms with Gasteiger partial charge in [-0.25, -0.2) is 0 Å². The minimum atomic E-state index is -0.608. The van der Waals surface area contributed by atoms with E-state index >= 15 is 0 Å². The highest BCUT2D eigenvalue weighted by Crippen LogP contribution is 2.10. The summed E-state index contributed by atoms with van der Waals surface area (Å²) < 4.78 is 5.32. The van der Waals surface area contributed by atoms with Crippen LogP contribution in [0.3, 0.4) is 0 Å². The summed E-state index contributed by atoms with van der Waals surface area (Å²) >= 11 is 5.44. The Labute approximate surface area is 99.9 Å². The van der Waals surface area contributed by atoms with Crippen molar-refractivity contribution in [3.8, 4) is 0 Å². The van der Waals surface area contributed by atoms with Crippen LogP contribution in [0.4, 0.5) is 0 Å². The van der Waals surface area contributed by atoms with Gasteiger partial charge < -0.3 is 15.4 Å². The summed E-state index contributed by atoms with van der Waals surface area (Å²) in [6, 6.07) is 0. The Balaban J connectivity index is 2.10. The lowest BCUT2D eigenvalue weighted by molar-refractivity contribution is -0.139. The van der Waals surface area contributed by atoms with Crippen LogP contribution in [0.2, 0.25) is 0 Å². The van der Waals surface area contributed by atoms with Crippen LogP contribution < -0.4 is 10.6 Å². The molecule has 0 aromatic carbocycles. The second-order valence-electron chi connectivity index (χ2n) is 3.64. The summed E-state index contributed by atoms with van der Waals surface area (Å²) in [5.41, 5.74) is 0. The standard InChI is InChI=1S/C10H17ClN2O3/c11-4-2-5-12-9(14)10(15)13-7-8-3-1-6-16-8/h8H,1-7H2,(H,12,14)(H,13,15). The number of carbonyl (C=O) groups excluding carboxylic acids is 2. The maximum atomic E-state index is 11.3. The van der Waals surface area contributed by atoms with Gasteiger partial charge in [0.25, 0.3) is 0 Å². The summed E-state index contributed by atoms with van der Waals surface area (Å²) in [7, 11) is 0. The normalized spacial score (nSPS) is 19.4. The second kappa shape index (κ2) is 7.46. The van der Waals surface area contributed by atoms with Gasteiger partial charge in [0.2, 0.25) is 0 Å². The minimum absolute atomic E-state index is 0.0552. The van der Waals surface area contributed by atoms with E-state index in [0.717, 1.165) is 19.4 Å². The minimum Gasteiger partial charge on any atom is -0.376 e. The number of ether oxygens (including phenoxy) is 1. The molecule has 1 heterocycles. The fourth-order valence-corrected chi connectivity index (χ4v) is 1.57. The Kier molecular flexibility index (Phi) is 6.18. The van der Waals surface area contributed by atoms with Gasteiger partial charge >= 0.3 is 11.8 Å². The highest BCUT2D eigenvalue weighted by Gasteiger charge is 2.18. The molecule has 2 N–H and O–H groups in total. The first kappa shape index (κ1) is 13.3. The van der Waals surface area contributed by atoms with E-state index in [1.165, 1.54) is 0 Å². The van der Waals surface area contributed by atoms with Crippen molar-refractivity contribution in [3.05, 3.63) is 0 Å². The molecule has 1 unspecified atom stereocenters. The third-order valence-electron chi connectivity index (χ3n) is 2.32. The van der Waals surface area contributed by atoms with E-state index in [1.807, 2.05) is 0 Å². The van der Waals surface area contributed by atoms with Gasteiger partial charge in [-0.15, -0.1) is 11.6 Å². The molecule has 16 heavy (non-hydrogen) atoms. The summed E-state index contributed by atoms with van der Waals surface area (Å²) in [5.74, 6) is -0.745. The molecule has 0 bridgehead atoms. The predicted octanol–water partition coefficient (Wildman–Crippen LogP) is 0.0267. The molecule has 0 saturated carbocycles. The van der Waals surface area contributed by atoms with Gasteiger partial charge in [0.15, 0.2) is 0 Å². The van der Waals surface area contributed by atoms with Crippen molar-refractivity contribution < 1.29 is 14.3 Å². The molecule has 92 valence electrons. The first-order valence-corrected chi connectivity index (χ1v) is 6.01. The fourth-order valence-electron chi connectivity index (χ4n) is 1.44. The zero-order chi connectivity index (χ0) is 11.8. The van der Waals surface area contributed by atoms with Crippen LogP contribution in [-0.4, -0.2) is 43.5 Å². The average Bonchev–Trinajstić information content (AvgIpc) is 2.79. The van der Waals surface area contributed by atoms with Crippen molar-refractivity contribution in [1.82, 2.24) is 10.6 Å². The number of carbonyl (C=O) groups is 2. The maximum Gasteiger partial charge on any atom is 0.309 e. The number of hydrogen-bond donors (Lipinski definition) is 2. The molecular weight excluding hydrogens is 232 g/mol. The number of nitrogens with one attached hydrogen (secondary N) is 2. The van der Waals surface area contributed by atoms with Gasteiger partial charge in [-0.3, -0.25) is 9.59 Å². The van der Waals surface area contributed by atoms with Gasteiger partial charge in [-0.1, -0.05) is 0 Å². The van der Waals surface area contributed by atoms with Crippen molar-refractivity contribution in [2.45, 2.75) is 25.4 Å². The first-order valence-electron chi connectivity index (χ1n) is 5.47. The lowest BCUT2D eigenvalue weighted by Gasteiger charge is -2.10. The molecule has 0 radical (unpaired) electrons. The molecule has 0 aromatic rings. The van der Waals surface area contributed by atoms with Gasteiger partial charge in [-0.2, -0.15) is 0 Å². The molecule has 5 nitrogen and oxygen atoms in total. The van der Waals surface area contributed by atoms with E-state index in [2.05, 4.69) is 10.6 Å². The van der Waals surface area contributed by atoms with Crippen LogP contribution in [0.25, 0.3) is 0 Å². The van der Waals surface area contributed by atoms with Crippen molar-refractivity contribution in [2.24, 2.45) is 0 Å². The SMILES string of the molecule is O=C(NCCCCl)C(=O)NCC1CCCO1. The van der Waals surface area contributed by atoms with E-state index in [1.54, 1.807) is 0 Å². The molecule has 0 aromatic heterocycles. The second-order valence-corrected chi connectivity index (χ2v) is 4.02. The molecule has 1 atom stereocenters. The van der Waals surface area contributed by atoms with E-state index in [0.29, 0.717) is 25.4 Å². The molecule has 1 aliphatic heterocycles. The monoisotopic (exact) mass is 248 g/mol. The summed E-state index contributed by atoms with van der Waals surface area (Å²) in [6.07, 6.45) is 2.67. The molecule has 6 heteroatoms. The first-order chi connectivity index (χ1) is 7.74. The summed E-state index contributed by atoms with van der Waals surface area (Å²) in [5, 5.41) is 5.02. The molecule has 1 aliphatic rings. The lowest BCUT2D eigenvalue weighted by atomic mass is 10.2. The van der Waals surface area contributed by atoms with Crippen LogP contribution in [0.5, 0.6) is 0 Å². The number of alkyl halides is 1. The van der Waals surface area contributed by atoms with Gasteiger partial charge in [0.1, 0.15) is 0 Å². The smallest absolute Gasteiger partial charge is 0.309 e. The van der Waals surface area contributed by atoms with Gasteiger partial charge in [0.05, 0.1) is 6.10 Å². The van der Waals surface area contributed by atoms with Crippen LogP contribution in [0.15, 0.2) is 0 Å². The Morgan fingerprint density at radius 2 is 2.06 bits per heavy atom. The Morgan fingerprint density at radius 3 is 2.69 bits per heavy atom. The highest BCUT2D eigenvalue weighted by molar-refractivity contribution is 6.35. The Hall–Kier alpha value is -0.810. The van der Waals surface area contributed by atoms with Crippen LogP contribution in [0, 0.1) is 0 Å². The largest absolute Gasteiger partial charge is 0.376 e. The number of hydrogen-bond acceptors (Lipinski definition) is 3. The molecule has 1 saturated heterocycles. The third kappa shape index (κ3) is 4.81. The van der Waals surface area contributed by atoms with Crippen LogP contribution >= 0.6 is 11.6 Å². The maximum absolute atomic E-state index is 11.3. The molecule has 0 aliphatic carbocycles. The zero-order valence-corrected chi connectivity index (χ0v) is 9.89.